The maximum Gasteiger partial charge on any atom is 0.240 e. The van der Waals surface area contributed by atoms with Gasteiger partial charge in [-0.25, -0.2) is 4.98 Å². The fourth-order valence-electron chi connectivity index (χ4n) is 3.42. The zero-order chi connectivity index (χ0) is 18.6. The number of hydrogen-bond donors (Lipinski definition) is 1. The van der Waals surface area contributed by atoms with Crippen LogP contribution in [-0.2, 0) is 11.3 Å². The first-order valence-corrected chi connectivity index (χ1v) is 10.1. The number of carbonyl (C=O) groups excluding carboxylic acids is 1. The van der Waals surface area contributed by atoms with Crippen LogP contribution in [0.2, 0.25) is 0 Å². The Hall–Kier alpha value is -2.28. The van der Waals surface area contributed by atoms with Gasteiger partial charge in [0.25, 0.3) is 0 Å². The maximum absolute atomic E-state index is 12.4. The minimum absolute atomic E-state index is 0.0152. The third-order valence-electron chi connectivity index (χ3n) is 5.03. The van der Waals surface area contributed by atoms with Gasteiger partial charge in [-0.3, -0.25) is 14.6 Å². The molecule has 1 saturated heterocycles. The van der Waals surface area contributed by atoms with E-state index in [0.717, 1.165) is 42.9 Å². The predicted molar refractivity (Wildman–Crippen MR) is 111 cm³/mol. The molecule has 1 aromatic heterocycles. The quantitative estimate of drug-likeness (QED) is 0.737. The number of anilines is 1. The van der Waals surface area contributed by atoms with Gasteiger partial charge in [0.2, 0.25) is 5.91 Å². The van der Waals surface area contributed by atoms with E-state index in [1.807, 2.05) is 24.3 Å². The van der Waals surface area contributed by atoms with E-state index < -0.39 is 0 Å². The van der Waals surface area contributed by atoms with Gasteiger partial charge in [-0.05, 0) is 30.2 Å². The summed E-state index contributed by atoms with van der Waals surface area (Å²) in [5, 5.41) is 3.63. The number of benzene rings is 2. The number of thiazole rings is 1. The van der Waals surface area contributed by atoms with E-state index in [9.17, 15) is 4.79 Å². The average molecular weight is 381 g/mol. The molecule has 4 rings (SSSR count). The Morgan fingerprint density at radius 2 is 1.74 bits per heavy atom. The van der Waals surface area contributed by atoms with E-state index in [1.54, 1.807) is 0 Å². The summed E-state index contributed by atoms with van der Waals surface area (Å²) in [5.41, 5.74) is 3.66. The standard InChI is InChI=1S/C21H24N4OS/c1-16-6-2-3-7-17(16)14-24-10-12-25(13-11-24)15-20(26)23-21-22-18-8-4-5-9-19(18)27-21/h2-9H,10-15H2,1H3,(H,22,23,26). The molecule has 1 N–H and O–H groups in total. The Bertz CT molecular complexity index is 898. The molecule has 0 spiro atoms. The second-order valence-corrected chi connectivity index (χ2v) is 8.04. The largest absolute Gasteiger partial charge is 0.301 e. The first kappa shape index (κ1) is 18.1. The van der Waals surface area contributed by atoms with E-state index >= 15 is 0 Å². The fraction of sp³-hybridized carbons (Fsp3) is 0.333. The van der Waals surface area contributed by atoms with Crippen molar-refractivity contribution in [3.8, 4) is 0 Å². The van der Waals surface area contributed by atoms with Crippen LogP contribution in [0.4, 0.5) is 5.13 Å². The SMILES string of the molecule is Cc1ccccc1CN1CCN(CC(=O)Nc2nc3ccccc3s2)CC1. The Morgan fingerprint density at radius 1 is 1.04 bits per heavy atom. The zero-order valence-electron chi connectivity index (χ0n) is 15.5. The van der Waals surface area contributed by atoms with Gasteiger partial charge in [0.15, 0.2) is 5.13 Å². The lowest BCUT2D eigenvalue weighted by Gasteiger charge is -2.34. The predicted octanol–water partition coefficient (Wildman–Crippen LogP) is 3.36. The summed E-state index contributed by atoms with van der Waals surface area (Å²) in [4.78, 5) is 21.5. The van der Waals surface area contributed by atoms with E-state index in [4.69, 9.17) is 0 Å². The Balaban J connectivity index is 1.26. The number of aromatic nitrogens is 1. The van der Waals surface area contributed by atoms with Crippen LogP contribution in [0.15, 0.2) is 48.5 Å². The molecule has 1 amide bonds. The third-order valence-corrected chi connectivity index (χ3v) is 5.98. The molecule has 3 aromatic rings. The van der Waals surface area contributed by atoms with Crippen LogP contribution in [-0.4, -0.2) is 53.4 Å². The van der Waals surface area contributed by atoms with Gasteiger partial charge in [-0.15, -0.1) is 0 Å². The van der Waals surface area contributed by atoms with Gasteiger partial charge in [0.05, 0.1) is 16.8 Å². The average Bonchev–Trinajstić information content (AvgIpc) is 3.07. The van der Waals surface area contributed by atoms with Crippen molar-refractivity contribution in [3.05, 3.63) is 59.7 Å². The lowest BCUT2D eigenvalue weighted by Crippen LogP contribution is -2.48. The minimum Gasteiger partial charge on any atom is -0.301 e. The molecule has 0 atom stereocenters. The lowest BCUT2D eigenvalue weighted by molar-refractivity contribution is -0.117. The molecule has 0 radical (unpaired) electrons. The molecule has 0 saturated carbocycles. The molecule has 0 unspecified atom stereocenters. The van der Waals surface area contributed by atoms with Gasteiger partial charge in [-0.2, -0.15) is 0 Å². The Morgan fingerprint density at radius 3 is 2.52 bits per heavy atom. The normalized spacial score (nSPS) is 15.9. The van der Waals surface area contributed by atoms with E-state index in [-0.39, 0.29) is 5.91 Å². The molecule has 0 bridgehead atoms. The second-order valence-electron chi connectivity index (χ2n) is 7.01. The third kappa shape index (κ3) is 4.53. The molecule has 140 valence electrons. The first-order valence-electron chi connectivity index (χ1n) is 9.32. The first-order chi connectivity index (χ1) is 13.2. The van der Waals surface area contributed by atoms with E-state index in [0.29, 0.717) is 11.7 Å². The van der Waals surface area contributed by atoms with Gasteiger partial charge < -0.3 is 5.32 Å². The number of para-hydroxylation sites is 1. The Labute approximate surface area is 163 Å². The highest BCUT2D eigenvalue weighted by molar-refractivity contribution is 7.22. The number of carbonyl (C=O) groups is 1. The van der Waals surface area contributed by atoms with Crippen molar-refractivity contribution in [1.82, 2.24) is 14.8 Å². The number of aryl methyl sites for hydroxylation is 1. The number of nitrogens with one attached hydrogen (secondary N) is 1. The summed E-state index contributed by atoms with van der Waals surface area (Å²) in [6.45, 7) is 7.38. The molecule has 6 heteroatoms. The van der Waals surface area contributed by atoms with Crippen molar-refractivity contribution in [2.45, 2.75) is 13.5 Å². The van der Waals surface area contributed by atoms with Crippen molar-refractivity contribution in [1.29, 1.82) is 0 Å². The monoisotopic (exact) mass is 380 g/mol. The molecular formula is C21H24N4OS. The number of rotatable bonds is 5. The number of amides is 1. The van der Waals surface area contributed by atoms with Crippen LogP contribution >= 0.6 is 11.3 Å². The van der Waals surface area contributed by atoms with E-state index in [2.05, 4.69) is 51.3 Å². The van der Waals surface area contributed by atoms with Crippen LogP contribution in [0.5, 0.6) is 0 Å². The van der Waals surface area contributed by atoms with Crippen molar-refractivity contribution in [3.63, 3.8) is 0 Å². The number of hydrogen-bond acceptors (Lipinski definition) is 5. The van der Waals surface area contributed by atoms with Crippen LogP contribution in [0.1, 0.15) is 11.1 Å². The zero-order valence-corrected chi connectivity index (χ0v) is 16.3. The summed E-state index contributed by atoms with van der Waals surface area (Å²) in [6.07, 6.45) is 0. The molecule has 27 heavy (non-hydrogen) atoms. The van der Waals surface area contributed by atoms with Crippen molar-refractivity contribution >= 4 is 32.6 Å². The van der Waals surface area contributed by atoms with Crippen LogP contribution in [0.3, 0.4) is 0 Å². The highest BCUT2D eigenvalue weighted by Crippen LogP contribution is 2.25. The molecule has 2 aromatic carbocycles. The number of fused-ring (bicyclic) bond motifs is 1. The highest BCUT2D eigenvalue weighted by Gasteiger charge is 2.20. The maximum atomic E-state index is 12.4. The van der Waals surface area contributed by atoms with Crippen molar-refractivity contribution in [2.75, 3.05) is 38.0 Å². The minimum atomic E-state index is 0.0152. The summed E-state index contributed by atoms with van der Waals surface area (Å²) in [5.74, 6) is 0.0152. The number of piperazine rings is 1. The highest BCUT2D eigenvalue weighted by atomic mass is 32.1. The van der Waals surface area contributed by atoms with Crippen molar-refractivity contribution < 1.29 is 4.79 Å². The van der Waals surface area contributed by atoms with Gasteiger partial charge >= 0.3 is 0 Å². The summed E-state index contributed by atoms with van der Waals surface area (Å²) < 4.78 is 1.10. The molecule has 2 heterocycles. The van der Waals surface area contributed by atoms with Gasteiger partial charge in [0.1, 0.15) is 0 Å². The smallest absolute Gasteiger partial charge is 0.240 e. The number of nitrogens with zero attached hydrogens (tertiary/aromatic N) is 3. The molecule has 0 aliphatic carbocycles. The fourth-order valence-corrected chi connectivity index (χ4v) is 4.30. The van der Waals surface area contributed by atoms with Crippen LogP contribution < -0.4 is 5.32 Å². The Kier molecular flexibility index (Phi) is 5.48. The van der Waals surface area contributed by atoms with Crippen LogP contribution in [0.25, 0.3) is 10.2 Å². The molecular weight excluding hydrogens is 356 g/mol. The second kappa shape index (κ2) is 8.17. The summed E-state index contributed by atoms with van der Waals surface area (Å²) >= 11 is 1.52. The summed E-state index contributed by atoms with van der Waals surface area (Å²) in [6, 6.07) is 16.5. The van der Waals surface area contributed by atoms with Gasteiger partial charge in [0, 0.05) is 32.7 Å². The molecule has 5 nitrogen and oxygen atoms in total. The molecule has 1 aliphatic heterocycles. The molecule has 1 fully saturated rings. The summed E-state index contributed by atoms with van der Waals surface area (Å²) in [7, 11) is 0. The van der Waals surface area contributed by atoms with Gasteiger partial charge in [-0.1, -0.05) is 47.7 Å². The van der Waals surface area contributed by atoms with Crippen molar-refractivity contribution in [2.24, 2.45) is 0 Å². The van der Waals surface area contributed by atoms with E-state index in [1.165, 1.54) is 22.5 Å². The molecule has 1 aliphatic rings. The lowest BCUT2D eigenvalue weighted by atomic mass is 10.1. The topological polar surface area (TPSA) is 48.5 Å². The van der Waals surface area contributed by atoms with Crippen LogP contribution in [0, 0.1) is 6.92 Å².